The first-order chi connectivity index (χ1) is 4.22. The molecule has 9 heavy (non-hydrogen) atoms. The van der Waals surface area contributed by atoms with Crippen LogP contribution in [0.15, 0.2) is 6.33 Å². The molecule has 2 N–H and O–H groups in total. The van der Waals surface area contributed by atoms with Gasteiger partial charge in [0.05, 0.1) is 18.1 Å². The second kappa shape index (κ2) is 2.19. The maximum Gasteiger partial charge on any atom is 0.0949 e. The van der Waals surface area contributed by atoms with Crippen LogP contribution in [0.3, 0.4) is 0 Å². The predicted octanol–water partition coefficient (Wildman–Crippen LogP) is 0.771. The Hall–Kier alpha value is -0.830. The third-order valence-corrected chi connectivity index (χ3v) is 1.26. The van der Waals surface area contributed by atoms with Crippen molar-refractivity contribution in [1.82, 2.24) is 9.97 Å². The van der Waals surface area contributed by atoms with Crippen LogP contribution >= 0.6 is 0 Å². The van der Waals surface area contributed by atoms with Crippen LogP contribution in [0.1, 0.15) is 24.4 Å². The molecular weight excluding hydrogens is 116 g/mol. The van der Waals surface area contributed by atoms with Crippen molar-refractivity contribution >= 4 is 0 Å². The van der Waals surface area contributed by atoms with Crippen molar-refractivity contribution in [3.05, 3.63) is 17.7 Å². The summed E-state index contributed by atoms with van der Waals surface area (Å²) in [7, 11) is 0. The Morgan fingerprint density at radius 1 is 1.78 bits per heavy atom. The minimum atomic E-state index is -0.462. The summed E-state index contributed by atoms with van der Waals surface area (Å²) in [6.07, 6.45) is 1.12. The Kier molecular flexibility index (Phi) is 1.53. The fourth-order valence-corrected chi connectivity index (χ4v) is 0.791. The molecule has 0 saturated carbocycles. The molecule has 0 aromatic carbocycles. The topological polar surface area (TPSA) is 48.9 Å². The van der Waals surface area contributed by atoms with E-state index in [0.29, 0.717) is 0 Å². The summed E-state index contributed by atoms with van der Waals surface area (Å²) >= 11 is 0. The summed E-state index contributed by atoms with van der Waals surface area (Å²) in [6.45, 7) is 3.58. The zero-order valence-electron chi connectivity index (χ0n) is 5.55. The molecule has 3 heteroatoms. The SMILES string of the molecule is Cc1[nH]cnc1[C@@H](C)O. The second-order valence-corrected chi connectivity index (χ2v) is 2.09. The minimum absolute atomic E-state index is 0.462. The third kappa shape index (κ3) is 1.10. The molecule has 0 spiro atoms. The largest absolute Gasteiger partial charge is 0.387 e. The Balaban J connectivity index is 2.94. The number of rotatable bonds is 1. The second-order valence-electron chi connectivity index (χ2n) is 2.09. The van der Waals surface area contributed by atoms with Crippen LogP contribution in [-0.4, -0.2) is 15.1 Å². The van der Waals surface area contributed by atoms with Gasteiger partial charge in [-0.3, -0.25) is 0 Å². The van der Waals surface area contributed by atoms with Crippen molar-refractivity contribution in [2.45, 2.75) is 20.0 Å². The first kappa shape index (κ1) is 6.29. The molecule has 0 aliphatic rings. The van der Waals surface area contributed by atoms with Gasteiger partial charge in [0, 0.05) is 5.69 Å². The highest BCUT2D eigenvalue weighted by Crippen LogP contribution is 2.10. The van der Waals surface area contributed by atoms with E-state index in [-0.39, 0.29) is 0 Å². The van der Waals surface area contributed by atoms with Crippen LogP contribution in [-0.2, 0) is 0 Å². The molecule has 0 aliphatic carbocycles. The Bertz CT molecular complexity index is 193. The van der Waals surface area contributed by atoms with Crippen molar-refractivity contribution in [2.75, 3.05) is 0 Å². The average Bonchev–Trinajstić information content (AvgIpc) is 2.13. The van der Waals surface area contributed by atoms with E-state index in [1.54, 1.807) is 13.3 Å². The van der Waals surface area contributed by atoms with Gasteiger partial charge in [0.15, 0.2) is 0 Å². The van der Waals surface area contributed by atoms with Gasteiger partial charge in [-0.1, -0.05) is 0 Å². The van der Waals surface area contributed by atoms with E-state index in [4.69, 9.17) is 5.11 Å². The smallest absolute Gasteiger partial charge is 0.0949 e. The summed E-state index contributed by atoms with van der Waals surface area (Å²) in [5.41, 5.74) is 1.67. The number of aromatic amines is 1. The summed E-state index contributed by atoms with van der Waals surface area (Å²) in [5.74, 6) is 0. The highest BCUT2D eigenvalue weighted by Gasteiger charge is 2.05. The number of aromatic nitrogens is 2. The number of hydrogen-bond donors (Lipinski definition) is 2. The molecule has 1 atom stereocenters. The number of nitrogens with one attached hydrogen (secondary N) is 1. The Labute approximate surface area is 53.7 Å². The quantitative estimate of drug-likeness (QED) is 0.584. The highest BCUT2D eigenvalue weighted by molar-refractivity contribution is 5.10. The lowest BCUT2D eigenvalue weighted by Gasteiger charge is -1.98. The first-order valence-electron chi connectivity index (χ1n) is 2.89. The molecule has 50 valence electrons. The molecule has 0 saturated heterocycles. The van der Waals surface area contributed by atoms with Crippen molar-refractivity contribution in [1.29, 1.82) is 0 Å². The van der Waals surface area contributed by atoms with Crippen LogP contribution in [0.2, 0.25) is 0 Å². The zero-order chi connectivity index (χ0) is 6.85. The van der Waals surface area contributed by atoms with Gasteiger partial charge in [-0.05, 0) is 13.8 Å². The Morgan fingerprint density at radius 2 is 2.44 bits per heavy atom. The molecule has 0 unspecified atom stereocenters. The first-order valence-corrected chi connectivity index (χ1v) is 2.89. The summed E-state index contributed by atoms with van der Waals surface area (Å²) in [4.78, 5) is 6.79. The molecule has 1 aromatic heterocycles. The van der Waals surface area contributed by atoms with Crippen LogP contribution in [0.4, 0.5) is 0 Å². The fraction of sp³-hybridized carbons (Fsp3) is 0.500. The lowest BCUT2D eigenvalue weighted by Crippen LogP contribution is -1.92. The normalized spacial score (nSPS) is 13.7. The molecule has 3 nitrogen and oxygen atoms in total. The van der Waals surface area contributed by atoms with Crippen molar-refractivity contribution in [3.63, 3.8) is 0 Å². The molecule has 0 bridgehead atoms. The van der Waals surface area contributed by atoms with E-state index < -0.39 is 6.10 Å². The standard InChI is InChI=1S/C6H10N2O/c1-4-6(5(2)9)8-3-7-4/h3,5,9H,1-2H3,(H,7,8)/t5-/m1/s1. The number of H-pyrrole nitrogens is 1. The number of nitrogens with zero attached hydrogens (tertiary/aromatic N) is 1. The molecular formula is C6H10N2O. The van der Waals surface area contributed by atoms with Crippen LogP contribution in [0.25, 0.3) is 0 Å². The average molecular weight is 126 g/mol. The molecule has 0 radical (unpaired) electrons. The molecule has 1 rings (SSSR count). The maximum atomic E-state index is 9.01. The van der Waals surface area contributed by atoms with Gasteiger partial charge in [0.2, 0.25) is 0 Å². The van der Waals surface area contributed by atoms with E-state index in [2.05, 4.69) is 9.97 Å². The van der Waals surface area contributed by atoms with E-state index in [9.17, 15) is 0 Å². The van der Waals surface area contributed by atoms with E-state index in [1.165, 1.54) is 0 Å². The summed E-state index contributed by atoms with van der Waals surface area (Å²) in [6, 6.07) is 0. The molecule has 0 fully saturated rings. The zero-order valence-corrected chi connectivity index (χ0v) is 5.55. The van der Waals surface area contributed by atoms with Gasteiger partial charge in [-0.15, -0.1) is 0 Å². The monoisotopic (exact) mass is 126 g/mol. The van der Waals surface area contributed by atoms with Crippen molar-refractivity contribution in [2.24, 2.45) is 0 Å². The summed E-state index contributed by atoms with van der Waals surface area (Å²) < 4.78 is 0. The predicted molar refractivity (Wildman–Crippen MR) is 34.0 cm³/mol. The van der Waals surface area contributed by atoms with E-state index in [0.717, 1.165) is 11.4 Å². The number of aliphatic hydroxyl groups excluding tert-OH is 1. The number of aryl methyl sites for hydroxylation is 1. The van der Waals surface area contributed by atoms with Crippen molar-refractivity contribution < 1.29 is 5.11 Å². The van der Waals surface area contributed by atoms with Crippen LogP contribution in [0.5, 0.6) is 0 Å². The van der Waals surface area contributed by atoms with Crippen LogP contribution < -0.4 is 0 Å². The molecule has 0 amide bonds. The van der Waals surface area contributed by atoms with E-state index >= 15 is 0 Å². The van der Waals surface area contributed by atoms with Gasteiger partial charge in [0.25, 0.3) is 0 Å². The van der Waals surface area contributed by atoms with Gasteiger partial charge in [-0.2, -0.15) is 0 Å². The number of hydrogen-bond acceptors (Lipinski definition) is 2. The van der Waals surface area contributed by atoms with E-state index in [1.807, 2.05) is 6.92 Å². The Morgan fingerprint density at radius 3 is 2.67 bits per heavy atom. The van der Waals surface area contributed by atoms with Gasteiger partial charge >= 0.3 is 0 Å². The highest BCUT2D eigenvalue weighted by atomic mass is 16.3. The van der Waals surface area contributed by atoms with Gasteiger partial charge in [-0.25, -0.2) is 4.98 Å². The van der Waals surface area contributed by atoms with Gasteiger partial charge < -0.3 is 10.1 Å². The number of aliphatic hydroxyl groups is 1. The maximum absolute atomic E-state index is 9.01. The number of imidazole rings is 1. The minimum Gasteiger partial charge on any atom is -0.387 e. The molecule has 0 aliphatic heterocycles. The lowest BCUT2D eigenvalue weighted by atomic mass is 10.2. The molecule has 1 aromatic rings. The lowest BCUT2D eigenvalue weighted by molar-refractivity contribution is 0.194. The third-order valence-electron chi connectivity index (χ3n) is 1.26. The van der Waals surface area contributed by atoms with Gasteiger partial charge in [0.1, 0.15) is 0 Å². The molecule has 1 heterocycles. The van der Waals surface area contributed by atoms with Crippen LogP contribution in [0, 0.1) is 6.92 Å². The summed E-state index contributed by atoms with van der Waals surface area (Å²) in [5, 5.41) is 9.01. The van der Waals surface area contributed by atoms with Crippen molar-refractivity contribution in [3.8, 4) is 0 Å². The fourth-order valence-electron chi connectivity index (χ4n) is 0.791.